The number of carbonyl (C=O) groups excluding carboxylic acids is 1. The van der Waals surface area contributed by atoms with Crippen molar-refractivity contribution in [2.75, 3.05) is 41.8 Å². The molecule has 10 heteroatoms. The lowest BCUT2D eigenvalue weighted by atomic mass is 9.86. The number of hydrogen-bond donors (Lipinski definition) is 4. The van der Waals surface area contributed by atoms with E-state index < -0.39 is 0 Å². The second kappa shape index (κ2) is 13.2. The molecule has 0 unspecified atom stereocenters. The van der Waals surface area contributed by atoms with Crippen molar-refractivity contribution in [3.8, 4) is 5.75 Å². The van der Waals surface area contributed by atoms with Gasteiger partial charge in [-0.05, 0) is 98.1 Å². The molecular weight excluding hydrogens is 558 g/mol. The molecule has 1 amide bonds. The highest BCUT2D eigenvalue weighted by Crippen LogP contribution is 2.40. The molecule has 226 valence electrons. The topological polar surface area (TPSA) is 113 Å². The SMILES string of the molecule is COc1c(NSC)cc(C(C)(C)C)cc1NC(=O)c1ccc(C)c(Nc2ncnc3ccc(CC4CCNCC4)nc23)c1. The number of aromatic nitrogens is 3. The first-order valence-corrected chi connectivity index (χ1v) is 15.9. The van der Waals surface area contributed by atoms with Crippen LogP contribution in [-0.4, -0.2) is 47.3 Å². The minimum Gasteiger partial charge on any atom is -0.492 e. The van der Waals surface area contributed by atoms with Gasteiger partial charge in [0.2, 0.25) is 0 Å². The summed E-state index contributed by atoms with van der Waals surface area (Å²) in [6.07, 6.45) is 6.75. The standard InChI is InChI=1S/C33H41N7O2S/c1-20-7-8-22(32(41)39-27-17-23(33(2,3)4)18-28(40-43-6)30(27)42-5)16-26(20)38-31-29-25(35-19-36-31)10-9-24(37-29)15-21-11-13-34-14-12-21/h7-10,16-19,21,34,40H,11-15H2,1-6H3,(H,39,41)(H,35,36,38). The fourth-order valence-corrected chi connectivity index (χ4v) is 5.72. The van der Waals surface area contributed by atoms with Gasteiger partial charge < -0.3 is 25.4 Å². The number of fused-ring (bicyclic) bond motifs is 1. The van der Waals surface area contributed by atoms with E-state index in [4.69, 9.17) is 9.72 Å². The molecule has 1 saturated heterocycles. The van der Waals surface area contributed by atoms with Crippen molar-refractivity contribution in [2.24, 2.45) is 5.92 Å². The maximum atomic E-state index is 13.6. The number of carbonyl (C=O) groups is 1. The molecule has 0 saturated carbocycles. The number of pyridine rings is 1. The molecule has 0 bridgehead atoms. The number of anilines is 4. The van der Waals surface area contributed by atoms with Crippen molar-refractivity contribution < 1.29 is 9.53 Å². The van der Waals surface area contributed by atoms with Crippen LogP contribution in [0.3, 0.4) is 0 Å². The molecule has 2 aromatic heterocycles. The summed E-state index contributed by atoms with van der Waals surface area (Å²) in [5.74, 6) is 1.59. The third-order valence-electron chi connectivity index (χ3n) is 7.87. The van der Waals surface area contributed by atoms with Crippen LogP contribution < -0.4 is 25.4 Å². The van der Waals surface area contributed by atoms with Crippen molar-refractivity contribution >= 4 is 51.8 Å². The minimum absolute atomic E-state index is 0.122. The molecule has 9 nitrogen and oxygen atoms in total. The van der Waals surface area contributed by atoms with E-state index in [1.54, 1.807) is 13.4 Å². The summed E-state index contributed by atoms with van der Waals surface area (Å²) in [6, 6.07) is 13.7. The molecule has 1 aliphatic heterocycles. The Kier molecular flexibility index (Phi) is 9.37. The van der Waals surface area contributed by atoms with Crippen molar-refractivity contribution in [2.45, 2.75) is 52.4 Å². The highest BCUT2D eigenvalue weighted by Gasteiger charge is 2.22. The van der Waals surface area contributed by atoms with Crippen molar-refractivity contribution in [1.82, 2.24) is 20.3 Å². The average molecular weight is 600 g/mol. The summed E-state index contributed by atoms with van der Waals surface area (Å²) >= 11 is 1.47. The third-order valence-corrected chi connectivity index (χ3v) is 8.29. The molecule has 1 fully saturated rings. The number of hydrogen-bond acceptors (Lipinski definition) is 9. The number of aryl methyl sites for hydroxylation is 1. The number of piperidine rings is 1. The number of nitrogens with zero attached hydrogens (tertiary/aromatic N) is 3. The van der Waals surface area contributed by atoms with Crippen molar-refractivity contribution in [3.05, 3.63) is 71.2 Å². The molecular formula is C33H41N7O2S. The molecule has 0 radical (unpaired) electrons. The minimum atomic E-state index is -0.238. The Morgan fingerprint density at radius 1 is 1.05 bits per heavy atom. The van der Waals surface area contributed by atoms with E-state index in [9.17, 15) is 4.79 Å². The molecule has 4 N–H and O–H groups in total. The first-order chi connectivity index (χ1) is 20.7. The van der Waals surface area contributed by atoms with Crippen LogP contribution in [0.1, 0.15) is 60.8 Å². The molecule has 3 heterocycles. The van der Waals surface area contributed by atoms with E-state index in [2.05, 4.69) is 63.5 Å². The summed E-state index contributed by atoms with van der Waals surface area (Å²) < 4.78 is 9.01. The normalized spacial score (nSPS) is 14.0. The van der Waals surface area contributed by atoms with Gasteiger partial charge in [0, 0.05) is 23.2 Å². The average Bonchev–Trinajstić information content (AvgIpc) is 2.98. The van der Waals surface area contributed by atoms with Gasteiger partial charge in [0.05, 0.1) is 24.0 Å². The van der Waals surface area contributed by atoms with E-state index in [1.807, 2.05) is 43.5 Å². The Hall–Kier alpha value is -3.89. The van der Waals surface area contributed by atoms with Crippen LogP contribution in [0.5, 0.6) is 5.75 Å². The van der Waals surface area contributed by atoms with Crippen LogP contribution in [0.4, 0.5) is 22.9 Å². The number of benzene rings is 2. The van der Waals surface area contributed by atoms with Crippen molar-refractivity contribution in [3.63, 3.8) is 0 Å². The van der Waals surface area contributed by atoms with Crippen molar-refractivity contribution in [1.29, 1.82) is 0 Å². The van der Waals surface area contributed by atoms with Gasteiger partial charge in [0.1, 0.15) is 11.8 Å². The number of rotatable bonds is 9. The second-order valence-electron chi connectivity index (χ2n) is 12.1. The quantitative estimate of drug-likeness (QED) is 0.153. The first-order valence-electron chi connectivity index (χ1n) is 14.7. The summed E-state index contributed by atoms with van der Waals surface area (Å²) in [5, 5.41) is 9.96. The summed E-state index contributed by atoms with van der Waals surface area (Å²) in [6.45, 7) is 10.5. The fraction of sp³-hybridized carbons (Fsp3) is 0.394. The predicted molar refractivity (Wildman–Crippen MR) is 178 cm³/mol. The molecule has 0 atom stereocenters. The van der Waals surface area contributed by atoms with Crippen LogP contribution in [0, 0.1) is 12.8 Å². The van der Waals surface area contributed by atoms with Crippen LogP contribution >= 0.6 is 11.9 Å². The lowest BCUT2D eigenvalue weighted by molar-refractivity contribution is 0.102. The van der Waals surface area contributed by atoms with Crippen LogP contribution in [0.25, 0.3) is 11.0 Å². The molecule has 0 aliphatic carbocycles. The molecule has 0 spiro atoms. The fourth-order valence-electron chi connectivity index (χ4n) is 5.35. The van der Waals surface area contributed by atoms with Gasteiger partial charge in [-0.25, -0.2) is 15.0 Å². The summed E-state index contributed by atoms with van der Waals surface area (Å²) in [5.41, 5.74) is 7.19. The maximum Gasteiger partial charge on any atom is 0.255 e. The first kappa shape index (κ1) is 30.6. The monoisotopic (exact) mass is 599 g/mol. The molecule has 5 rings (SSSR count). The van der Waals surface area contributed by atoms with Gasteiger partial charge in [-0.3, -0.25) is 4.79 Å². The summed E-state index contributed by atoms with van der Waals surface area (Å²) in [4.78, 5) is 27.6. The predicted octanol–water partition coefficient (Wildman–Crippen LogP) is 6.87. The highest BCUT2D eigenvalue weighted by atomic mass is 32.2. The summed E-state index contributed by atoms with van der Waals surface area (Å²) in [7, 11) is 1.61. The molecule has 43 heavy (non-hydrogen) atoms. The Balaban J connectivity index is 1.42. The molecule has 2 aromatic carbocycles. The lowest BCUT2D eigenvalue weighted by Crippen LogP contribution is -2.28. The molecule has 4 aromatic rings. The zero-order valence-corrected chi connectivity index (χ0v) is 26.6. The van der Waals surface area contributed by atoms with Crippen LogP contribution in [0.2, 0.25) is 0 Å². The smallest absolute Gasteiger partial charge is 0.255 e. The zero-order chi connectivity index (χ0) is 30.6. The Bertz CT molecular complexity index is 1610. The van der Waals surface area contributed by atoms with E-state index >= 15 is 0 Å². The Morgan fingerprint density at radius 3 is 2.53 bits per heavy atom. The van der Waals surface area contributed by atoms with Gasteiger partial charge in [0.25, 0.3) is 5.91 Å². The Morgan fingerprint density at radius 2 is 1.81 bits per heavy atom. The largest absolute Gasteiger partial charge is 0.492 e. The lowest BCUT2D eigenvalue weighted by Gasteiger charge is -2.24. The van der Waals surface area contributed by atoms with Gasteiger partial charge >= 0.3 is 0 Å². The maximum absolute atomic E-state index is 13.6. The third kappa shape index (κ3) is 7.19. The van der Waals surface area contributed by atoms with Crippen LogP contribution in [-0.2, 0) is 11.8 Å². The van der Waals surface area contributed by atoms with Gasteiger partial charge in [-0.2, -0.15) is 0 Å². The van der Waals surface area contributed by atoms with Crippen LogP contribution in [0.15, 0.2) is 48.8 Å². The van der Waals surface area contributed by atoms with Gasteiger partial charge in [0.15, 0.2) is 11.6 Å². The van der Waals surface area contributed by atoms with Gasteiger partial charge in [-0.15, -0.1) is 0 Å². The highest BCUT2D eigenvalue weighted by molar-refractivity contribution is 7.99. The second-order valence-corrected chi connectivity index (χ2v) is 12.7. The van der Waals surface area contributed by atoms with E-state index in [-0.39, 0.29) is 11.3 Å². The Labute approximate surface area is 258 Å². The van der Waals surface area contributed by atoms with Gasteiger partial charge in [-0.1, -0.05) is 38.8 Å². The zero-order valence-electron chi connectivity index (χ0n) is 25.8. The molecule has 1 aliphatic rings. The number of ether oxygens (including phenoxy) is 1. The van der Waals surface area contributed by atoms with E-state index in [0.717, 1.165) is 71.6 Å². The van der Waals surface area contributed by atoms with E-state index in [1.165, 1.54) is 11.9 Å². The van der Waals surface area contributed by atoms with E-state index in [0.29, 0.717) is 28.7 Å². The number of nitrogens with one attached hydrogen (secondary N) is 4. The number of amides is 1. The number of methoxy groups -OCH3 is 1.